The van der Waals surface area contributed by atoms with E-state index >= 15 is 0 Å². The number of aryl methyl sites for hydroxylation is 2. The fourth-order valence-electron chi connectivity index (χ4n) is 3.22. The molecule has 0 amide bonds. The molecule has 0 saturated heterocycles. The molecule has 0 unspecified atom stereocenters. The van der Waals surface area contributed by atoms with E-state index in [2.05, 4.69) is 5.10 Å². The largest absolute Gasteiger partial charge is 0.493 e. The first-order valence-corrected chi connectivity index (χ1v) is 9.86. The van der Waals surface area contributed by atoms with Crippen molar-refractivity contribution in [2.24, 2.45) is 0 Å². The lowest BCUT2D eigenvalue weighted by molar-refractivity contribution is -0.139. The highest BCUT2D eigenvalue weighted by atomic mass is 19.4. The highest BCUT2D eigenvalue weighted by molar-refractivity contribution is 5.68. The summed E-state index contributed by atoms with van der Waals surface area (Å²) in [6, 6.07) is 9.97. The summed E-state index contributed by atoms with van der Waals surface area (Å²) >= 11 is 0. The second-order valence-electron chi connectivity index (χ2n) is 7.48. The Morgan fingerprint density at radius 2 is 1.81 bits per heavy atom. The van der Waals surface area contributed by atoms with Crippen molar-refractivity contribution in [2.75, 3.05) is 13.2 Å². The van der Waals surface area contributed by atoms with Gasteiger partial charge in [-0.15, -0.1) is 0 Å². The molecule has 0 radical (unpaired) electrons. The third kappa shape index (κ3) is 5.60. The number of alkyl halides is 3. The van der Waals surface area contributed by atoms with Gasteiger partial charge in [0, 0.05) is 12.1 Å². The van der Waals surface area contributed by atoms with Crippen molar-refractivity contribution in [3.05, 3.63) is 71.0 Å². The van der Waals surface area contributed by atoms with E-state index in [-0.39, 0.29) is 5.92 Å². The molecule has 3 aromatic rings. The first-order valence-electron chi connectivity index (χ1n) is 9.86. The monoisotopic (exact) mass is 448 g/mol. The molecule has 0 aliphatic carbocycles. The first kappa shape index (κ1) is 23.2. The van der Waals surface area contributed by atoms with Crippen molar-refractivity contribution in [3.63, 3.8) is 0 Å². The van der Waals surface area contributed by atoms with Gasteiger partial charge in [0.05, 0.1) is 23.6 Å². The number of hydrogen-bond donors (Lipinski definition) is 1. The van der Waals surface area contributed by atoms with Crippen LogP contribution in [0.15, 0.2) is 48.7 Å². The molecule has 0 spiro atoms. The number of aromatic nitrogens is 2. The fraction of sp³-hybridized carbons (Fsp3) is 0.304. The molecule has 2 aromatic carbocycles. The average molecular weight is 448 g/mol. The van der Waals surface area contributed by atoms with Gasteiger partial charge in [-0.3, -0.25) is 0 Å². The predicted octanol–water partition coefficient (Wildman–Crippen LogP) is 5.15. The highest BCUT2D eigenvalue weighted by Gasteiger charge is 2.30. The maximum Gasteiger partial charge on any atom is 0.416 e. The number of carbonyl (C=O) groups is 1. The molecule has 1 heterocycles. The smallest absolute Gasteiger partial charge is 0.416 e. The Morgan fingerprint density at radius 1 is 1.12 bits per heavy atom. The Bertz CT molecular complexity index is 1090. The van der Waals surface area contributed by atoms with Crippen molar-refractivity contribution >= 4 is 5.97 Å². The third-order valence-corrected chi connectivity index (χ3v) is 4.92. The van der Waals surface area contributed by atoms with Crippen LogP contribution in [0, 0.1) is 13.8 Å². The lowest BCUT2D eigenvalue weighted by Gasteiger charge is -2.14. The van der Waals surface area contributed by atoms with Crippen molar-refractivity contribution in [1.82, 2.24) is 9.78 Å². The van der Waals surface area contributed by atoms with Crippen LogP contribution in [0.3, 0.4) is 0 Å². The lowest BCUT2D eigenvalue weighted by atomic mass is 10.0. The number of nitrogens with zero attached hydrogens (tertiary/aromatic N) is 2. The number of rotatable bonds is 8. The summed E-state index contributed by atoms with van der Waals surface area (Å²) in [5.41, 5.74) is 2.26. The molecule has 32 heavy (non-hydrogen) atoms. The summed E-state index contributed by atoms with van der Waals surface area (Å²) in [5.74, 6) is 0.0125. The maximum absolute atomic E-state index is 12.8. The predicted molar refractivity (Wildman–Crippen MR) is 112 cm³/mol. The van der Waals surface area contributed by atoms with Crippen LogP contribution in [0.1, 0.15) is 35.2 Å². The molecule has 0 bridgehead atoms. The summed E-state index contributed by atoms with van der Waals surface area (Å²) in [6.07, 6.45) is -2.59. The van der Waals surface area contributed by atoms with Gasteiger partial charge < -0.3 is 14.6 Å². The number of ether oxygens (including phenoxy) is 2. The van der Waals surface area contributed by atoms with Crippen molar-refractivity contribution in [1.29, 1.82) is 0 Å². The molecule has 1 N–H and O–H groups in total. The quantitative estimate of drug-likeness (QED) is 0.516. The number of carboxylic acids is 1. The van der Waals surface area contributed by atoms with E-state index < -0.39 is 24.3 Å². The van der Waals surface area contributed by atoms with E-state index in [1.54, 1.807) is 36.0 Å². The molecule has 1 atom stereocenters. The second-order valence-corrected chi connectivity index (χ2v) is 7.48. The number of halogens is 3. The molecule has 0 fully saturated rings. The summed E-state index contributed by atoms with van der Waals surface area (Å²) in [7, 11) is 0. The topological polar surface area (TPSA) is 73.6 Å². The molecule has 0 aliphatic rings. The SMILES string of the molecule is Cc1cc(OC[C@H](C)c2cn(-c3ccc(C(F)(F)F)cc3)nc2C)ccc1OCC(=O)O. The van der Waals surface area contributed by atoms with Crippen LogP contribution < -0.4 is 9.47 Å². The molecule has 3 rings (SSSR count). The van der Waals surface area contributed by atoms with Crippen LogP contribution in [0.25, 0.3) is 5.69 Å². The highest BCUT2D eigenvalue weighted by Crippen LogP contribution is 2.30. The van der Waals surface area contributed by atoms with Crippen molar-refractivity contribution in [3.8, 4) is 17.2 Å². The number of benzene rings is 2. The Hall–Kier alpha value is -3.49. The molecular weight excluding hydrogens is 425 g/mol. The minimum Gasteiger partial charge on any atom is -0.493 e. The zero-order chi connectivity index (χ0) is 23.5. The van der Waals surface area contributed by atoms with Gasteiger partial charge in [-0.05, 0) is 67.4 Å². The van der Waals surface area contributed by atoms with Gasteiger partial charge in [0.15, 0.2) is 6.61 Å². The Kier molecular flexibility index (Phi) is 6.76. The summed E-state index contributed by atoms with van der Waals surface area (Å²) in [6.45, 7) is 5.55. The lowest BCUT2D eigenvalue weighted by Crippen LogP contribution is -2.10. The van der Waals surface area contributed by atoms with Gasteiger partial charge in [0.25, 0.3) is 0 Å². The van der Waals surface area contributed by atoms with Crippen LogP contribution >= 0.6 is 0 Å². The zero-order valence-electron chi connectivity index (χ0n) is 17.8. The van der Waals surface area contributed by atoms with Crippen LogP contribution in [0.5, 0.6) is 11.5 Å². The van der Waals surface area contributed by atoms with Gasteiger partial charge in [-0.2, -0.15) is 18.3 Å². The van der Waals surface area contributed by atoms with E-state index in [0.717, 1.165) is 29.0 Å². The van der Waals surface area contributed by atoms with Crippen LogP contribution in [0.2, 0.25) is 0 Å². The first-order chi connectivity index (χ1) is 15.0. The molecule has 1 aromatic heterocycles. The molecule has 6 nitrogen and oxygen atoms in total. The zero-order valence-corrected chi connectivity index (χ0v) is 17.8. The molecule has 0 saturated carbocycles. The third-order valence-electron chi connectivity index (χ3n) is 4.92. The van der Waals surface area contributed by atoms with E-state index in [9.17, 15) is 18.0 Å². The normalized spacial score (nSPS) is 12.4. The standard InChI is InChI=1S/C23H23F3N2O4/c1-14-10-19(8-9-21(14)32-13-22(29)30)31-12-15(2)20-11-28(27-16(20)3)18-6-4-17(5-7-18)23(24,25)26/h4-11,15H,12-13H2,1-3H3,(H,29,30)/t15-/m0/s1. The van der Waals surface area contributed by atoms with Gasteiger partial charge in [0.1, 0.15) is 11.5 Å². The van der Waals surface area contributed by atoms with E-state index in [1.165, 1.54) is 12.1 Å². The van der Waals surface area contributed by atoms with Crippen LogP contribution in [-0.4, -0.2) is 34.1 Å². The average Bonchev–Trinajstić information content (AvgIpc) is 3.12. The van der Waals surface area contributed by atoms with Gasteiger partial charge in [-0.1, -0.05) is 6.92 Å². The van der Waals surface area contributed by atoms with Crippen LogP contribution in [0.4, 0.5) is 13.2 Å². The second kappa shape index (κ2) is 9.33. The van der Waals surface area contributed by atoms with Crippen molar-refractivity contribution < 1.29 is 32.5 Å². The van der Waals surface area contributed by atoms with Gasteiger partial charge >= 0.3 is 12.1 Å². The van der Waals surface area contributed by atoms with E-state index in [0.29, 0.717) is 23.8 Å². The minimum atomic E-state index is -4.38. The Labute approximate surface area is 183 Å². The minimum absolute atomic E-state index is 0.0264. The number of carboxylic acid groups (broad SMARTS) is 1. The Morgan fingerprint density at radius 3 is 2.41 bits per heavy atom. The molecule has 9 heteroatoms. The molecular formula is C23H23F3N2O4. The maximum atomic E-state index is 12.8. The van der Waals surface area contributed by atoms with Crippen molar-refractivity contribution in [2.45, 2.75) is 32.9 Å². The van der Waals surface area contributed by atoms with E-state index in [4.69, 9.17) is 14.6 Å². The molecule has 0 aliphatic heterocycles. The number of aliphatic carboxylic acids is 1. The Balaban J connectivity index is 1.66. The summed E-state index contributed by atoms with van der Waals surface area (Å²) in [4.78, 5) is 10.6. The fourth-order valence-corrected chi connectivity index (χ4v) is 3.22. The summed E-state index contributed by atoms with van der Waals surface area (Å²) < 4.78 is 50.9. The van der Waals surface area contributed by atoms with Crippen LogP contribution in [-0.2, 0) is 11.0 Å². The van der Waals surface area contributed by atoms with Gasteiger partial charge in [-0.25, -0.2) is 9.48 Å². The van der Waals surface area contributed by atoms with Gasteiger partial charge in [0.2, 0.25) is 0 Å². The van der Waals surface area contributed by atoms with E-state index in [1.807, 2.05) is 13.8 Å². The molecule has 170 valence electrons. The summed E-state index contributed by atoms with van der Waals surface area (Å²) in [5, 5.41) is 13.1. The number of hydrogen-bond acceptors (Lipinski definition) is 4.